The summed E-state index contributed by atoms with van der Waals surface area (Å²) in [6, 6.07) is 5.35. The fourth-order valence-electron chi connectivity index (χ4n) is 2.13. The summed E-state index contributed by atoms with van der Waals surface area (Å²) in [6.45, 7) is 0.901. The van der Waals surface area contributed by atoms with E-state index in [9.17, 15) is 26.7 Å². The predicted octanol–water partition coefficient (Wildman–Crippen LogP) is 2.92. The molecule has 1 amide bonds. The van der Waals surface area contributed by atoms with E-state index in [1.807, 2.05) is 0 Å². The molecule has 0 aliphatic carbocycles. The largest absolute Gasteiger partial charge is 0.357 e. The molecule has 0 radical (unpaired) electrons. The number of aromatic nitrogens is 1. The number of likely N-dealkylation sites (N-methyl/N-ethyl adjacent to an activating group) is 1. The van der Waals surface area contributed by atoms with Crippen LogP contribution >= 0.6 is 0 Å². The number of carbonyl (C=O) groups excluding carboxylic acids is 1. The van der Waals surface area contributed by atoms with Crippen molar-refractivity contribution in [1.29, 1.82) is 0 Å². The Labute approximate surface area is 140 Å². The molecule has 2 rings (SSSR count). The third kappa shape index (κ3) is 4.43. The minimum Gasteiger partial charge on any atom is -0.357 e. The first-order valence-electron chi connectivity index (χ1n) is 7.29. The number of nitrogens with one attached hydrogen (secondary N) is 1. The van der Waals surface area contributed by atoms with Crippen molar-refractivity contribution >= 4 is 11.6 Å². The third-order valence-corrected chi connectivity index (χ3v) is 3.41. The molecule has 1 aromatic heterocycles. The van der Waals surface area contributed by atoms with Crippen molar-refractivity contribution in [3.05, 3.63) is 59.2 Å². The number of rotatable bonds is 6. The Morgan fingerprint density at radius 3 is 2.12 bits per heavy atom. The highest BCUT2D eigenvalue weighted by atomic mass is 19.2. The molecule has 0 saturated carbocycles. The van der Waals surface area contributed by atoms with Crippen LogP contribution in [0.1, 0.15) is 12.5 Å². The van der Waals surface area contributed by atoms with Gasteiger partial charge in [0, 0.05) is 13.1 Å². The molecule has 25 heavy (non-hydrogen) atoms. The number of carbonyl (C=O) groups is 1. The second kappa shape index (κ2) is 7.91. The molecule has 0 aliphatic rings. The lowest BCUT2D eigenvalue weighted by Crippen LogP contribution is -2.38. The lowest BCUT2D eigenvalue weighted by molar-refractivity contribution is -0.119. The van der Waals surface area contributed by atoms with Crippen molar-refractivity contribution in [3.63, 3.8) is 0 Å². The van der Waals surface area contributed by atoms with Crippen LogP contribution in [0.4, 0.5) is 27.6 Å². The van der Waals surface area contributed by atoms with Gasteiger partial charge < -0.3 is 10.2 Å². The Hall–Kier alpha value is -2.71. The predicted molar refractivity (Wildman–Crippen MR) is 80.2 cm³/mol. The number of nitrogens with zero attached hydrogens (tertiary/aromatic N) is 2. The number of anilines is 1. The molecule has 1 aromatic carbocycles. The minimum absolute atomic E-state index is 0.0562. The van der Waals surface area contributed by atoms with Crippen LogP contribution in [0.15, 0.2) is 24.3 Å². The monoisotopic (exact) mass is 359 g/mol. The summed E-state index contributed by atoms with van der Waals surface area (Å²) in [7, 11) is 0. The van der Waals surface area contributed by atoms with Gasteiger partial charge in [0.05, 0.1) is 6.54 Å². The lowest BCUT2D eigenvalue weighted by Gasteiger charge is -2.23. The molecule has 0 unspecified atom stereocenters. The van der Waals surface area contributed by atoms with Crippen LogP contribution in [-0.2, 0) is 11.3 Å². The van der Waals surface area contributed by atoms with Crippen molar-refractivity contribution in [3.8, 4) is 0 Å². The molecule has 0 bridgehead atoms. The zero-order chi connectivity index (χ0) is 18.6. The normalized spacial score (nSPS) is 10.6. The van der Waals surface area contributed by atoms with Crippen molar-refractivity contribution in [2.45, 2.75) is 13.5 Å². The highest BCUT2D eigenvalue weighted by Crippen LogP contribution is 2.25. The van der Waals surface area contributed by atoms with Gasteiger partial charge in [0.25, 0.3) is 11.9 Å². The van der Waals surface area contributed by atoms with Crippen LogP contribution in [0.3, 0.4) is 0 Å². The fourth-order valence-corrected chi connectivity index (χ4v) is 2.13. The van der Waals surface area contributed by atoms with Crippen LogP contribution in [0.5, 0.6) is 0 Å². The van der Waals surface area contributed by atoms with E-state index in [2.05, 4.69) is 10.3 Å². The molecule has 134 valence electrons. The lowest BCUT2D eigenvalue weighted by atomic mass is 10.2. The Balaban J connectivity index is 2.09. The van der Waals surface area contributed by atoms with E-state index in [1.165, 1.54) is 31.2 Å². The maximum absolute atomic E-state index is 13.8. The number of halogens is 5. The first-order chi connectivity index (χ1) is 11.8. The second-order valence-electron chi connectivity index (χ2n) is 5.09. The van der Waals surface area contributed by atoms with E-state index in [0.717, 1.165) is 4.90 Å². The van der Waals surface area contributed by atoms with E-state index < -0.39 is 47.5 Å². The summed E-state index contributed by atoms with van der Waals surface area (Å²) in [5.74, 6) is -8.00. The Morgan fingerprint density at radius 2 is 1.60 bits per heavy atom. The van der Waals surface area contributed by atoms with Gasteiger partial charge in [-0.15, -0.1) is 0 Å². The van der Waals surface area contributed by atoms with Gasteiger partial charge >= 0.3 is 0 Å². The molecule has 0 spiro atoms. The fraction of sp³-hybridized carbons (Fsp3) is 0.250. The Bertz CT molecular complexity index is 741. The minimum atomic E-state index is -1.79. The van der Waals surface area contributed by atoms with Crippen molar-refractivity contribution in [2.75, 3.05) is 18.0 Å². The zero-order valence-corrected chi connectivity index (χ0v) is 13.1. The van der Waals surface area contributed by atoms with E-state index in [-0.39, 0.29) is 13.1 Å². The second-order valence-corrected chi connectivity index (χ2v) is 5.09. The molecule has 0 fully saturated rings. The van der Waals surface area contributed by atoms with Gasteiger partial charge in [0.15, 0.2) is 0 Å². The highest BCUT2D eigenvalue weighted by Gasteiger charge is 2.25. The van der Waals surface area contributed by atoms with E-state index in [1.54, 1.807) is 0 Å². The Kier molecular flexibility index (Phi) is 5.89. The van der Waals surface area contributed by atoms with E-state index >= 15 is 0 Å². The number of pyridine rings is 1. The first kappa shape index (κ1) is 18.6. The zero-order valence-electron chi connectivity index (χ0n) is 13.1. The van der Waals surface area contributed by atoms with Crippen LogP contribution in [-0.4, -0.2) is 24.0 Å². The molecule has 9 heteroatoms. The average Bonchev–Trinajstić information content (AvgIpc) is 2.58. The summed E-state index contributed by atoms with van der Waals surface area (Å²) >= 11 is 0. The van der Waals surface area contributed by atoms with Crippen molar-refractivity contribution in [2.24, 2.45) is 0 Å². The van der Waals surface area contributed by atoms with Crippen molar-refractivity contribution < 1.29 is 26.7 Å². The summed E-state index contributed by atoms with van der Waals surface area (Å²) in [5, 5.41) is 2.47. The quantitative estimate of drug-likeness (QED) is 0.637. The molecule has 0 aliphatic heterocycles. The standard InChI is InChI=1S/C16H14F5N3O/c1-2-24(14-12(18)15(20)23-16(21)13(14)19)8-11(25)22-7-9-3-5-10(17)6-4-9/h3-6H,2,7-8H2,1H3,(H,22,25). The summed E-state index contributed by atoms with van der Waals surface area (Å²) in [6.07, 6.45) is 0. The molecule has 0 atom stereocenters. The molecular formula is C16H14F5N3O. The summed E-state index contributed by atoms with van der Waals surface area (Å²) < 4.78 is 66.7. The SMILES string of the molecule is CCN(CC(=O)NCc1ccc(F)cc1)c1c(F)c(F)nc(F)c1F. The van der Waals surface area contributed by atoms with Gasteiger partial charge in [0.1, 0.15) is 11.5 Å². The first-order valence-corrected chi connectivity index (χ1v) is 7.29. The number of amides is 1. The van der Waals surface area contributed by atoms with Crippen molar-refractivity contribution in [1.82, 2.24) is 10.3 Å². The van der Waals surface area contributed by atoms with Gasteiger partial charge in [0.2, 0.25) is 17.5 Å². The van der Waals surface area contributed by atoms with Gasteiger partial charge in [-0.3, -0.25) is 4.79 Å². The van der Waals surface area contributed by atoms with Gasteiger partial charge in [-0.05, 0) is 24.6 Å². The van der Waals surface area contributed by atoms with Crippen LogP contribution < -0.4 is 10.2 Å². The molecule has 1 N–H and O–H groups in total. The maximum Gasteiger partial charge on any atom is 0.253 e. The Morgan fingerprint density at radius 1 is 1.04 bits per heavy atom. The van der Waals surface area contributed by atoms with Crippen LogP contribution in [0, 0.1) is 29.3 Å². The van der Waals surface area contributed by atoms with Crippen LogP contribution in [0.2, 0.25) is 0 Å². The third-order valence-electron chi connectivity index (χ3n) is 3.41. The van der Waals surface area contributed by atoms with Gasteiger partial charge in [-0.1, -0.05) is 12.1 Å². The summed E-state index contributed by atoms with van der Waals surface area (Å²) in [4.78, 5) is 15.3. The van der Waals surface area contributed by atoms with Crippen LogP contribution in [0.25, 0.3) is 0 Å². The molecular weight excluding hydrogens is 345 g/mol. The topological polar surface area (TPSA) is 45.2 Å². The average molecular weight is 359 g/mol. The summed E-state index contributed by atoms with van der Waals surface area (Å²) in [5.41, 5.74) is -0.388. The number of benzene rings is 1. The van der Waals surface area contributed by atoms with E-state index in [4.69, 9.17) is 0 Å². The molecule has 2 aromatic rings. The smallest absolute Gasteiger partial charge is 0.253 e. The number of hydrogen-bond donors (Lipinski definition) is 1. The number of hydrogen-bond acceptors (Lipinski definition) is 3. The highest BCUT2D eigenvalue weighted by molar-refractivity contribution is 5.81. The molecule has 1 heterocycles. The van der Waals surface area contributed by atoms with Gasteiger partial charge in [-0.2, -0.15) is 22.5 Å². The van der Waals surface area contributed by atoms with Gasteiger partial charge in [-0.25, -0.2) is 4.39 Å². The molecule has 0 saturated heterocycles. The van der Waals surface area contributed by atoms with E-state index in [0.29, 0.717) is 5.56 Å². The maximum atomic E-state index is 13.8. The molecule has 4 nitrogen and oxygen atoms in total.